The number of β-amino-alcohol motifs (C(OH)–C–C–N with tert-alkyl or cyclic N) is 1. The number of nitrogens with one attached hydrogen (secondary N) is 1. The lowest BCUT2D eigenvalue weighted by molar-refractivity contribution is 0.0800. The molecule has 0 aromatic heterocycles. The van der Waals surface area contributed by atoms with Crippen LogP contribution >= 0.6 is 0 Å². The van der Waals surface area contributed by atoms with Crippen LogP contribution in [0.2, 0.25) is 0 Å². The van der Waals surface area contributed by atoms with Gasteiger partial charge < -0.3 is 15.2 Å². The lowest BCUT2D eigenvalue weighted by Crippen LogP contribution is -2.49. The number of aliphatic hydroxyl groups excluding tert-OH is 1. The number of ether oxygens (including phenoxy) is 1. The first-order valence-corrected chi connectivity index (χ1v) is 6.42. The predicted molar refractivity (Wildman–Crippen MR) is 67.8 cm³/mol. The molecule has 1 heterocycles. The number of halogens is 2. The number of rotatable bonds is 4. The van der Waals surface area contributed by atoms with Gasteiger partial charge in [0.05, 0.1) is 12.2 Å². The molecule has 106 valence electrons. The summed E-state index contributed by atoms with van der Waals surface area (Å²) in [5.74, 6) is -1.85. The molecule has 5 heteroatoms. The second-order valence-electron chi connectivity index (χ2n) is 5.25. The third kappa shape index (κ3) is 3.11. The van der Waals surface area contributed by atoms with Gasteiger partial charge in [0.1, 0.15) is 0 Å². The lowest BCUT2D eigenvalue weighted by atomic mass is 9.94. The summed E-state index contributed by atoms with van der Waals surface area (Å²) in [6.07, 6.45) is 0.0444. The zero-order valence-electron chi connectivity index (χ0n) is 11.1. The maximum Gasteiger partial charge on any atom is 0.159 e. The molecule has 2 rings (SSSR count). The van der Waals surface area contributed by atoms with Crippen LogP contribution in [0.15, 0.2) is 18.2 Å². The number of aliphatic hydroxyl groups is 1. The quantitative estimate of drug-likeness (QED) is 0.881. The number of hydrogen-bond acceptors (Lipinski definition) is 3. The molecule has 2 N–H and O–H groups in total. The smallest absolute Gasteiger partial charge is 0.159 e. The van der Waals surface area contributed by atoms with Crippen molar-refractivity contribution in [1.29, 1.82) is 0 Å². The zero-order valence-corrected chi connectivity index (χ0v) is 11.1. The van der Waals surface area contributed by atoms with Gasteiger partial charge in [0.15, 0.2) is 11.6 Å². The molecule has 0 radical (unpaired) electrons. The van der Waals surface area contributed by atoms with E-state index in [1.54, 1.807) is 0 Å². The van der Waals surface area contributed by atoms with Crippen LogP contribution in [0.5, 0.6) is 0 Å². The Morgan fingerprint density at radius 1 is 1.47 bits per heavy atom. The summed E-state index contributed by atoms with van der Waals surface area (Å²) in [4.78, 5) is 0. The van der Waals surface area contributed by atoms with E-state index in [1.807, 2.05) is 13.8 Å². The monoisotopic (exact) mass is 271 g/mol. The highest BCUT2D eigenvalue weighted by atomic mass is 19.2. The molecule has 0 amide bonds. The van der Waals surface area contributed by atoms with E-state index in [4.69, 9.17) is 4.74 Å². The lowest BCUT2D eigenvalue weighted by Gasteiger charge is -2.30. The Morgan fingerprint density at radius 2 is 2.21 bits per heavy atom. The molecule has 3 atom stereocenters. The average molecular weight is 271 g/mol. The minimum Gasteiger partial charge on any atom is -0.387 e. The van der Waals surface area contributed by atoms with Gasteiger partial charge in [-0.2, -0.15) is 0 Å². The minimum atomic E-state index is -0.944. The Morgan fingerprint density at radius 3 is 2.79 bits per heavy atom. The fraction of sp³-hybridized carbons (Fsp3) is 0.571. The van der Waals surface area contributed by atoms with Gasteiger partial charge in [0.2, 0.25) is 0 Å². The highest BCUT2D eigenvalue weighted by Crippen LogP contribution is 2.26. The second-order valence-corrected chi connectivity index (χ2v) is 5.25. The first-order valence-electron chi connectivity index (χ1n) is 6.42. The minimum absolute atomic E-state index is 0.0599. The van der Waals surface area contributed by atoms with Crippen molar-refractivity contribution in [3.63, 3.8) is 0 Å². The molecule has 3 unspecified atom stereocenters. The molecule has 0 bridgehead atoms. The Bertz CT molecular complexity index is 455. The molecule has 1 aromatic rings. The number of benzene rings is 1. The first-order chi connectivity index (χ1) is 8.92. The van der Waals surface area contributed by atoms with Crippen LogP contribution in [0.4, 0.5) is 8.78 Å². The van der Waals surface area contributed by atoms with E-state index in [-0.39, 0.29) is 18.2 Å². The van der Waals surface area contributed by atoms with Crippen LogP contribution in [0.25, 0.3) is 0 Å². The summed E-state index contributed by atoms with van der Waals surface area (Å²) in [5.41, 5.74) is 0.168. The summed E-state index contributed by atoms with van der Waals surface area (Å²) in [7, 11) is 0. The average Bonchev–Trinajstić information content (AvgIpc) is 2.71. The van der Waals surface area contributed by atoms with Crippen LogP contribution in [0.3, 0.4) is 0 Å². The molecule has 1 saturated heterocycles. The van der Waals surface area contributed by atoms with Crippen LogP contribution in [0.1, 0.15) is 31.9 Å². The van der Waals surface area contributed by atoms with Gasteiger partial charge in [0.25, 0.3) is 0 Å². The molecule has 3 nitrogen and oxygen atoms in total. The Hall–Kier alpha value is -1.04. The molecule has 0 aliphatic carbocycles. The molecule has 1 aliphatic rings. The second kappa shape index (κ2) is 5.53. The van der Waals surface area contributed by atoms with Gasteiger partial charge in [0, 0.05) is 18.7 Å². The van der Waals surface area contributed by atoms with Crippen molar-refractivity contribution in [1.82, 2.24) is 5.32 Å². The van der Waals surface area contributed by atoms with E-state index in [1.165, 1.54) is 6.07 Å². The third-order valence-corrected chi connectivity index (χ3v) is 3.91. The van der Waals surface area contributed by atoms with E-state index in [2.05, 4.69) is 5.32 Å². The van der Waals surface area contributed by atoms with Gasteiger partial charge >= 0.3 is 0 Å². The topological polar surface area (TPSA) is 41.5 Å². The highest BCUT2D eigenvalue weighted by molar-refractivity contribution is 5.20. The van der Waals surface area contributed by atoms with Gasteiger partial charge in [-0.25, -0.2) is 8.78 Å². The molecule has 19 heavy (non-hydrogen) atoms. The summed E-state index contributed by atoms with van der Waals surface area (Å²) in [6.45, 7) is 4.97. The molecule has 1 aliphatic heterocycles. The zero-order chi connectivity index (χ0) is 14.0. The third-order valence-electron chi connectivity index (χ3n) is 3.91. The van der Waals surface area contributed by atoms with E-state index in [0.717, 1.165) is 18.6 Å². The van der Waals surface area contributed by atoms with E-state index < -0.39 is 17.7 Å². The molecule has 0 saturated carbocycles. The van der Waals surface area contributed by atoms with E-state index in [9.17, 15) is 13.9 Å². The van der Waals surface area contributed by atoms with Crippen LogP contribution < -0.4 is 5.32 Å². The summed E-state index contributed by atoms with van der Waals surface area (Å²) < 4.78 is 31.4. The number of hydrogen-bond donors (Lipinski definition) is 2. The summed E-state index contributed by atoms with van der Waals surface area (Å²) in [5, 5.41) is 13.3. The predicted octanol–water partition coefficient (Wildman–Crippen LogP) is 2.16. The van der Waals surface area contributed by atoms with Crippen molar-refractivity contribution in [3.8, 4) is 0 Å². The maximum atomic E-state index is 13.1. The fourth-order valence-electron chi connectivity index (χ4n) is 2.23. The Kier molecular flexibility index (Phi) is 4.18. The van der Waals surface area contributed by atoms with E-state index >= 15 is 0 Å². The van der Waals surface area contributed by atoms with Crippen LogP contribution in [-0.2, 0) is 4.74 Å². The Labute approximate surface area is 111 Å². The molecular weight excluding hydrogens is 252 g/mol. The molecule has 1 aromatic carbocycles. The summed E-state index contributed by atoms with van der Waals surface area (Å²) >= 11 is 0. The molecular formula is C14H19F2NO2. The molecule has 1 fully saturated rings. The normalized spacial score (nSPS) is 28.6. The van der Waals surface area contributed by atoms with Crippen molar-refractivity contribution in [2.75, 3.05) is 13.2 Å². The summed E-state index contributed by atoms with van der Waals surface area (Å²) in [6, 6.07) is 3.44. The first kappa shape index (κ1) is 14.4. The van der Waals surface area contributed by atoms with Crippen molar-refractivity contribution >= 4 is 0 Å². The SMILES string of the molecule is CC1OCCC1(C)NCC(O)c1ccc(F)c(F)c1. The van der Waals surface area contributed by atoms with Crippen molar-refractivity contribution in [3.05, 3.63) is 35.4 Å². The van der Waals surface area contributed by atoms with Crippen molar-refractivity contribution in [2.24, 2.45) is 0 Å². The van der Waals surface area contributed by atoms with E-state index in [0.29, 0.717) is 12.2 Å². The molecule has 0 spiro atoms. The Balaban J connectivity index is 1.97. The highest BCUT2D eigenvalue weighted by Gasteiger charge is 2.36. The standard InChI is InChI=1S/C14H19F2NO2/c1-9-14(2,5-6-19-9)17-8-13(18)10-3-4-11(15)12(16)7-10/h3-4,7,9,13,17-18H,5-6,8H2,1-2H3. The fourth-order valence-corrected chi connectivity index (χ4v) is 2.23. The maximum absolute atomic E-state index is 13.1. The van der Waals surface area contributed by atoms with Gasteiger partial charge in [-0.15, -0.1) is 0 Å². The van der Waals surface area contributed by atoms with Gasteiger partial charge in [-0.05, 0) is 38.0 Å². The van der Waals surface area contributed by atoms with Crippen molar-refractivity contribution < 1.29 is 18.6 Å². The van der Waals surface area contributed by atoms with Gasteiger partial charge in [-0.3, -0.25) is 0 Å². The van der Waals surface area contributed by atoms with Gasteiger partial charge in [-0.1, -0.05) is 6.07 Å². The van der Waals surface area contributed by atoms with Crippen LogP contribution in [-0.4, -0.2) is 29.9 Å². The van der Waals surface area contributed by atoms with Crippen LogP contribution in [0, 0.1) is 11.6 Å². The largest absolute Gasteiger partial charge is 0.387 e. The van der Waals surface area contributed by atoms with Crippen molar-refractivity contribution in [2.45, 2.75) is 38.0 Å².